The standard InChI is InChI=1S/C16H22ClN/c1-11(12-5-3-2-4-6-12)15-10-18-16-8-7-13(17)9-14(15)16/h7-9,11-12,15,18H,2-6,10H2,1H3. The van der Waals surface area contributed by atoms with E-state index in [2.05, 4.69) is 24.4 Å². The minimum absolute atomic E-state index is 0.654. The van der Waals surface area contributed by atoms with E-state index in [0.29, 0.717) is 5.92 Å². The Morgan fingerprint density at radius 3 is 2.78 bits per heavy atom. The summed E-state index contributed by atoms with van der Waals surface area (Å²) in [5, 5.41) is 4.41. The van der Waals surface area contributed by atoms with Crippen LogP contribution < -0.4 is 5.32 Å². The smallest absolute Gasteiger partial charge is 0.0410 e. The minimum Gasteiger partial charge on any atom is -0.384 e. The lowest BCUT2D eigenvalue weighted by atomic mass is 9.73. The highest BCUT2D eigenvalue weighted by Gasteiger charge is 2.32. The Kier molecular flexibility index (Phi) is 3.52. The highest BCUT2D eigenvalue weighted by Crippen LogP contribution is 2.43. The van der Waals surface area contributed by atoms with E-state index < -0.39 is 0 Å². The maximum absolute atomic E-state index is 6.15. The molecule has 98 valence electrons. The van der Waals surface area contributed by atoms with Crippen molar-refractivity contribution in [1.29, 1.82) is 0 Å². The molecule has 2 atom stereocenters. The largest absolute Gasteiger partial charge is 0.384 e. The van der Waals surface area contributed by atoms with Gasteiger partial charge in [-0.3, -0.25) is 0 Å². The molecule has 1 aromatic rings. The average Bonchev–Trinajstić information content (AvgIpc) is 2.82. The molecule has 0 bridgehead atoms. The lowest BCUT2D eigenvalue weighted by Gasteiger charge is -2.31. The van der Waals surface area contributed by atoms with Crippen LogP contribution in [0, 0.1) is 11.8 Å². The number of hydrogen-bond acceptors (Lipinski definition) is 1. The van der Waals surface area contributed by atoms with Crippen LogP contribution >= 0.6 is 11.6 Å². The molecule has 2 unspecified atom stereocenters. The van der Waals surface area contributed by atoms with E-state index in [9.17, 15) is 0 Å². The van der Waals surface area contributed by atoms with Crippen molar-refractivity contribution < 1.29 is 0 Å². The van der Waals surface area contributed by atoms with Crippen LogP contribution in [0.15, 0.2) is 18.2 Å². The molecule has 1 aliphatic heterocycles. The van der Waals surface area contributed by atoms with Gasteiger partial charge in [0, 0.05) is 23.2 Å². The zero-order valence-electron chi connectivity index (χ0n) is 11.1. The zero-order valence-corrected chi connectivity index (χ0v) is 11.8. The molecular formula is C16H22ClN. The van der Waals surface area contributed by atoms with Crippen LogP contribution in [0.4, 0.5) is 5.69 Å². The average molecular weight is 264 g/mol. The molecule has 0 amide bonds. The molecule has 1 heterocycles. The van der Waals surface area contributed by atoms with Crippen molar-refractivity contribution in [3.8, 4) is 0 Å². The fourth-order valence-corrected chi connectivity index (χ4v) is 3.97. The van der Waals surface area contributed by atoms with E-state index in [-0.39, 0.29) is 0 Å². The summed E-state index contributed by atoms with van der Waals surface area (Å²) in [5.41, 5.74) is 2.74. The second-order valence-corrected chi connectivity index (χ2v) is 6.41. The Labute approximate surface area is 115 Å². The normalized spacial score (nSPS) is 25.6. The minimum atomic E-state index is 0.654. The molecule has 18 heavy (non-hydrogen) atoms. The molecule has 0 spiro atoms. The summed E-state index contributed by atoms with van der Waals surface area (Å²) in [6.45, 7) is 3.53. The Balaban J connectivity index is 1.80. The van der Waals surface area contributed by atoms with Gasteiger partial charge in [0.1, 0.15) is 0 Å². The van der Waals surface area contributed by atoms with E-state index in [1.807, 2.05) is 6.07 Å². The predicted octanol–water partition coefficient (Wildman–Crippen LogP) is 5.07. The van der Waals surface area contributed by atoms with Gasteiger partial charge in [0.05, 0.1) is 0 Å². The molecule has 0 aromatic heterocycles. The topological polar surface area (TPSA) is 12.0 Å². The van der Waals surface area contributed by atoms with Gasteiger partial charge < -0.3 is 5.32 Å². The van der Waals surface area contributed by atoms with E-state index in [4.69, 9.17) is 11.6 Å². The van der Waals surface area contributed by atoms with E-state index in [1.165, 1.54) is 43.4 Å². The van der Waals surface area contributed by atoms with Gasteiger partial charge in [-0.1, -0.05) is 50.6 Å². The lowest BCUT2D eigenvalue weighted by molar-refractivity contribution is 0.238. The van der Waals surface area contributed by atoms with Crippen molar-refractivity contribution in [2.24, 2.45) is 11.8 Å². The molecule has 1 nitrogen and oxygen atoms in total. The summed E-state index contributed by atoms with van der Waals surface area (Å²) in [7, 11) is 0. The van der Waals surface area contributed by atoms with Crippen molar-refractivity contribution in [3.63, 3.8) is 0 Å². The molecule has 3 rings (SSSR count). The number of benzene rings is 1. The second kappa shape index (κ2) is 5.13. The summed E-state index contributed by atoms with van der Waals surface area (Å²) in [6.07, 6.45) is 7.14. The molecule has 0 radical (unpaired) electrons. The SMILES string of the molecule is CC(C1CCCCC1)C1CNc2ccc(Cl)cc21. The fraction of sp³-hybridized carbons (Fsp3) is 0.625. The molecular weight excluding hydrogens is 242 g/mol. The van der Waals surface area contributed by atoms with E-state index >= 15 is 0 Å². The van der Waals surface area contributed by atoms with Gasteiger partial charge in [0.2, 0.25) is 0 Å². The first-order valence-corrected chi connectivity index (χ1v) is 7.67. The Bertz CT molecular complexity index is 423. The van der Waals surface area contributed by atoms with Crippen LogP contribution in [0.3, 0.4) is 0 Å². The van der Waals surface area contributed by atoms with Crippen LogP contribution in [0.5, 0.6) is 0 Å². The quantitative estimate of drug-likeness (QED) is 0.786. The Morgan fingerprint density at radius 2 is 2.00 bits per heavy atom. The maximum atomic E-state index is 6.15. The van der Waals surface area contributed by atoms with E-state index in [1.54, 1.807) is 0 Å². The Hall–Kier alpha value is -0.690. The van der Waals surface area contributed by atoms with Crippen molar-refractivity contribution in [2.75, 3.05) is 11.9 Å². The van der Waals surface area contributed by atoms with Crippen molar-refractivity contribution in [3.05, 3.63) is 28.8 Å². The number of rotatable bonds is 2. The van der Waals surface area contributed by atoms with E-state index in [0.717, 1.165) is 23.4 Å². The van der Waals surface area contributed by atoms with Crippen molar-refractivity contribution in [1.82, 2.24) is 0 Å². The third kappa shape index (κ3) is 2.25. The van der Waals surface area contributed by atoms with Crippen LogP contribution in [-0.4, -0.2) is 6.54 Å². The molecule has 1 aromatic carbocycles. The van der Waals surface area contributed by atoms with Gasteiger partial charge >= 0.3 is 0 Å². The Morgan fingerprint density at radius 1 is 1.22 bits per heavy atom. The third-order valence-corrected chi connectivity index (χ3v) is 5.19. The molecule has 1 fully saturated rings. The van der Waals surface area contributed by atoms with Gasteiger partial charge in [-0.15, -0.1) is 0 Å². The van der Waals surface area contributed by atoms with Gasteiger partial charge in [0.15, 0.2) is 0 Å². The summed E-state index contributed by atoms with van der Waals surface area (Å²) in [4.78, 5) is 0. The summed E-state index contributed by atoms with van der Waals surface area (Å²) < 4.78 is 0. The maximum Gasteiger partial charge on any atom is 0.0410 e. The van der Waals surface area contributed by atoms with Crippen LogP contribution in [0.25, 0.3) is 0 Å². The van der Waals surface area contributed by atoms with Crippen LogP contribution in [-0.2, 0) is 0 Å². The number of fused-ring (bicyclic) bond motifs is 1. The van der Waals surface area contributed by atoms with Crippen molar-refractivity contribution >= 4 is 17.3 Å². The molecule has 2 aliphatic rings. The number of nitrogens with one attached hydrogen (secondary N) is 1. The number of anilines is 1. The monoisotopic (exact) mass is 263 g/mol. The molecule has 1 saturated carbocycles. The predicted molar refractivity (Wildman–Crippen MR) is 78.4 cm³/mol. The highest BCUT2D eigenvalue weighted by atomic mass is 35.5. The molecule has 1 aliphatic carbocycles. The van der Waals surface area contributed by atoms with Crippen LogP contribution in [0.1, 0.15) is 50.5 Å². The number of halogens is 1. The molecule has 2 heteroatoms. The summed E-state index contributed by atoms with van der Waals surface area (Å²) in [6, 6.07) is 6.28. The summed E-state index contributed by atoms with van der Waals surface area (Å²) >= 11 is 6.15. The highest BCUT2D eigenvalue weighted by molar-refractivity contribution is 6.30. The zero-order chi connectivity index (χ0) is 12.5. The first-order chi connectivity index (χ1) is 8.75. The van der Waals surface area contributed by atoms with Crippen LogP contribution in [0.2, 0.25) is 5.02 Å². The van der Waals surface area contributed by atoms with Gasteiger partial charge in [0.25, 0.3) is 0 Å². The van der Waals surface area contributed by atoms with Gasteiger partial charge in [-0.25, -0.2) is 0 Å². The molecule has 1 N–H and O–H groups in total. The third-order valence-electron chi connectivity index (χ3n) is 4.95. The lowest BCUT2D eigenvalue weighted by Crippen LogP contribution is -2.23. The van der Waals surface area contributed by atoms with Gasteiger partial charge in [-0.05, 0) is 35.6 Å². The van der Waals surface area contributed by atoms with Crippen molar-refractivity contribution in [2.45, 2.75) is 44.9 Å². The first kappa shape index (κ1) is 12.3. The molecule has 0 saturated heterocycles. The first-order valence-electron chi connectivity index (χ1n) is 7.29. The number of hydrogen-bond donors (Lipinski definition) is 1. The fourth-order valence-electron chi connectivity index (χ4n) is 3.79. The van der Waals surface area contributed by atoms with Gasteiger partial charge in [-0.2, -0.15) is 0 Å². The summed E-state index contributed by atoms with van der Waals surface area (Å²) in [5.74, 6) is 2.34. The second-order valence-electron chi connectivity index (χ2n) is 5.98.